The molecule has 0 bridgehead atoms. The van der Waals surface area contributed by atoms with E-state index in [0.29, 0.717) is 0 Å². The Kier molecular flexibility index (Phi) is 5.80. The van der Waals surface area contributed by atoms with Gasteiger partial charge in [0, 0.05) is 11.1 Å². The molecule has 176 valence electrons. The number of hydrogen-bond donors (Lipinski definition) is 0. The molecule has 0 spiro atoms. The summed E-state index contributed by atoms with van der Waals surface area (Å²) in [6.07, 6.45) is 0.886. The maximum absolute atomic E-state index is 13.7. The molecule has 5 rings (SSSR count). The molecule has 0 aliphatic carbocycles. The molecule has 0 amide bonds. The van der Waals surface area contributed by atoms with Gasteiger partial charge in [-0.25, -0.2) is 22.6 Å². The van der Waals surface area contributed by atoms with E-state index < -0.39 is 48.0 Å². The lowest BCUT2D eigenvalue weighted by Gasteiger charge is -2.42. The summed E-state index contributed by atoms with van der Waals surface area (Å²) < 4.78 is 64.7. The molecule has 1 fully saturated rings. The van der Waals surface area contributed by atoms with Gasteiger partial charge >= 0.3 is 5.97 Å². The summed E-state index contributed by atoms with van der Waals surface area (Å²) in [5.74, 6) is -5.02. The number of nitrogens with zero attached hydrogens (tertiary/aromatic N) is 3. The largest absolute Gasteiger partial charge is 0.478 e. The standard InChI is InChI=1S/C23H18F3N3O5/c1-31-22(30)18-9-17(21-19(33-18)11-32-23(34-21)12-5-3-2-4-6-12)29-10-16(27-28-29)13-7-14(24)20(26)15(25)8-13/h2-10,17,19,21,23H,11H2,1H3/t17-,19-,21-,23-/m1/s1. The first-order valence-electron chi connectivity index (χ1n) is 10.3. The first kappa shape index (κ1) is 22.1. The van der Waals surface area contributed by atoms with Gasteiger partial charge < -0.3 is 18.9 Å². The second-order valence-corrected chi connectivity index (χ2v) is 7.68. The van der Waals surface area contributed by atoms with Gasteiger partial charge in [-0.15, -0.1) is 5.10 Å². The first-order chi connectivity index (χ1) is 16.4. The van der Waals surface area contributed by atoms with Crippen LogP contribution >= 0.6 is 0 Å². The number of ether oxygens (including phenoxy) is 4. The smallest absolute Gasteiger partial charge is 0.373 e. The van der Waals surface area contributed by atoms with Crippen molar-refractivity contribution in [3.05, 3.63) is 83.5 Å². The van der Waals surface area contributed by atoms with Crippen LogP contribution in [0, 0.1) is 17.5 Å². The molecule has 4 atom stereocenters. The molecule has 0 radical (unpaired) electrons. The van der Waals surface area contributed by atoms with Gasteiger partial charge in [0.25, 0.3) is 0 Å². The molecule has 8 nitrogen and oxygen atoms in total. The van der Waals surface area contributed by atoms with Gasteiger partial charge in [0.05, 0.1) is 19.9 Å². The minimum absolute atomic E-state index is 0.00140. The Labute approximate surface area is 191 Å². The average Bonchev–Trinajstić information content (AvgIpc) is 3.36. The van der Waals surface area contributed by atoms with Gasteiger partial charge in [-0.3, -0.25) is 0 Å². The molecule has 11 heteroatoms. The highest BCUT2D eigenvalue weighted by atomic mass is 19.2. The molecular weight excluding hydrogens is 455 g/mol. The van der Waals surface area contributed by atoms with Crippen LogP contribution in [0.25, 0.3) is 11.3 Å². The zero-order valence-electron chi connectivity index (χ0n) is 17.7. The summed E-state index contributed by atoms with van der Waals surface area (Å²) in [7, 11) is 1.22. The van der Waals surface area contributed by atoms with Crippen LogP contribution in [0.2, 0.25) is 0 Å². The third-order valence-corrected chi connectivity index (χ3v) is 5.55. The fraction of sp³-hybridized carbons (Fsp3) is 0.261. The molecule has 0 saturated carbocycles. The van der Waals surface area contributed by atoms with E-state index >= 15 is 0 Å². The van der Waals surface area contributed by atoms with E-state index in [4.69, 9.17) is 18.9 Å². The molecule has 3 heterocycles. The first-order valence-corrected chi connectivity index (χ1v) is 10.3. The predicted octanol–water partition coefficient (Wildman–Crippen LogP) is 3.47. The Morgan fingerprint density at radius 2 is 1.88 bits per heavy atom. The van der Waals surface area contributed by atoms with Crippen molar-refractivity contribution in [2.24, 2.45) is 0 Å². The summed E-state index contributed by atoms with van der Waals surface area (Å²) >= 11 is 0. The van der Waals surface area contributed by atoms with Crippen LogP contribution in [0.1, 0.15) is 17.9 Å². The monoisotopic (exact) mass is 473 g/mol. The van der Waals surface area contributed by atoms with Crippen LogP contribution in [0.4, 0.5) is 13.2 Å². The van der Waals surface area contributed by atoms with Gasteiger partial charge in [-0.2, -0.15) is 0 Å². The minimum Gasteiger partial charge on any atom is -0.478 e. The number of aromatic nitrogens is 3. The minimum atomic E-state index is -1.57. The van der Waals surface area contributed by atoms with Crippen molar-refractivity contribution in [3.63, 3.8) is 0 Å². The van der Waals surface area contributed by atoms with Crippen molar-refractivity contribution in [1.82, 2.24) is 15.0 Å². The van der Waals surface area contributed by atoms with E-state index in [-0.39, 0.29) is 23.6 Å². The summed E-state index contributed by atoms with van der Waals surface area (Å²) in [6, 6.07) is 10.2. The van der Waals surface area contributed by atoms with Gasteiger partial charge in [-0.05, 0) is 18.2 Å². The summed E-state index contributed by atoms with van der Waals surface area (Å²) in [5.41, 5.74) is 0.887. The Bertz CT molecular complexity index is 1230. The van der Waals surface area contributed by atoms with Crippen molar-refractivity contribution in [3.8, 4) is 11.3 Å². The number of hydrogen-bond acceptors (Lipinski definition) is 7. The fourth-order valence-electron chi connectivity index (χ4n) is 3.89. The Balaban J connectivity index is 1.50. The zero-order valence-corrected chi connectivity index (χ0v) is 17.7. The van der Waals surface area contributed by atoms with Gasteiger partial charge in [0.1, 0.15) is 17.8 Å². The highest BCUT2D eigenvalue weighted by Crippen LogP contribution is 2.38. The molecule has 0 unspecified atom stereocenters. The van der Waals surface area contributed by atoms with Crippen molar-refractivity contribution in [2.75, 3.05) is 13.7 Å². The van der Waals surface area contributed by atoms with Crippen LogP contribution in [0.15, 0.2) is 60.5 Å². The lowest BCUT2D eigenvalue weighted by atomic mass is 10.00. The summed E-state index contributed by atoms with van der Waals surface area (Å²) in [6.45, 7) is 0.116. The Morgan fingerprint density at radius 3 is 2.59 bits per heavy atom. The number of fused-ring (bicyclic) bond motifs is 1. The third kappa shape index (κ3) is 4.03. The van der Waals surface area contributed by atoms with Crippen molar-refractivity contribution in [1.29, 1.82) is 0 Å². The van der Waals surface area contributed by atoms with Gasteiger partial charge in [0.2, 0.25) is 5.76 Å². The number of benzene rings is 2. The van der Waals surface area contributed by atoms with Crippen LogP contribution in [-0.2, 0) is 23.7 Å². The maximum atomic E-state index is 13.7. The van der Waals surface area contributed by atoms with Gasteiger partial charge in [0.15, 0.2) is 29.8 Å². The van der Waals surface area contributed by atoms with E-state index in [1.54, 1.807) is 0 Å². The number of carbonyl (C=O) groups is 1. The molecule has 2 aliphatic rings. The Morgan fingerprint density at radius 1 is 1.15 bits per heavy atom. The third-order valence-electron chi connectivity index (χ3n) is 5.55. The molecule has 1 aromatic heterocycles. The highest BCUT2D eigenvalue weighted by molar-refractivity contribution is 5.86. The maximum Gasteiger partial charge on any atom is 0.373 e. The molecule has 0 N–H and O–H groups in total. The molecular formula is C23H18F3N3O5. The summed E-state index contributed by atoms with van der Waals surface area (Å²) in [5, 5.41) is 8.02. The van der Waals surface area contributed by atoms with E-state index in [0.717, 1.165) is 17.7 Å². The van der Waals surface area contributed by atoms with E-state index in [2.05, 4.69) is 10.3 Å². The quantitative estimate of drug-likeness (QED) is 0.424. The van der Waals surface area contributed by atoms with Crippen LogP contribution in [-0.4, -0.2) is 46.9 Å². The summed E-state index contributed by atoms with van der Waals surface area (Å²) in [4.78, 5) is 12.2. The highest BCUT2D eigenvalue weighted by Gasteiger charge is 2.44. The number of esters is 1. The lowest BCUT2D eigenvalue weighted by molar-refractivity contribution is -0.271. The second-order valence-electron chi connectivity index (χ2n) is 7.68. The SMILES string of the molecule is COC(=O)C1=C[C@@H](n2cc(-c3cc(F)c(F)c(F)c3)nn2)[C@H]2O[C@H](c3ccccc3)OC[C@H]2O1. The molecule has 3 aromatic rings. The second kappa shape index (κ2) is 8.92. The van der Waals surface area contributed by atoms with Crippen LogP contribution in [0.5, 0.6) is 0 Å². The predicted molar refractivity (Wildman–Crippen MR) is 109 cm³/mol. The van der Waals surface area contributed by atoms with E-state index in [1.807, 2.05) is 30.3 Å². The zero-order chi connectivity index (χ0) is 23.8. The van der Waals surface area contributed by atoms with Crippen molar-refractivity contribution in [2.45, 2.75) is 24.5 Å². The number of rotatable bonds is 4. The van der Waals surface area contributed by atoms with Crippen LogP contribution < -0.4 is 0 Å². The number of methoxy groups -OCH3 is 1. The van der Waals surface area contributed by atoms with Crippen molar-refractivity contribution >= 4 is 5.97 Å². The van der Waals surface area contributed by atoms with Crippen molar-refractivity contribution < 1.29 is 36.9 Å². The molecule has 1 saturated heterocycles. The topological polar surface area (TPSA) is 84.7 Å². The normalized spacial score (nSPS) is 24.1. The average molecular weight is 473 g/mol. The Hall–Kier alpha value is -3.70. The lowest BCUT2D eigenvalue weighted by Crippen LogP contribution is -2.49. The molecule has 2 aliphatic heterocycles. The van der Waals surface area contributed by atoms with Crippen LogP contribution in [0.3, 0.4) is 0 Å². The van der Waals surface area contributed by atoms with E-state index in [1.165, 1.54) is 24.1 Å². The fourth-order valence-corrected chi connectivity index (χ4v) is 3.89. The molecule has 2 aromatic carbocycles. The molecule has 34 heavy (non-hydrogen) atoms. The van der Waals surface area contributed by atoms with E-state index in [9.17, 15) is 18.0 Å². The number of carbonyl (C=O) groups excluding carboxylic acids is 1. The number of halogens is 3. The van der Waals surface area contributed by atoms with Gasteiger partial charge in [-0.1, -0.05) is 35.5 Å².